The lowest BCUT2D eigenvalue weighted by atomic mass is 10.2. The van der Waals surface area contributed by atoms with Crippen LogP contribution in [0.25, 0.3) is 5.78 Å². The maximum absolute atomic E-state index is 12.3. The zero-order valence-corrected chi connectivity index (χ0v) is 14.9. The lowest BCUT2D eigenvalue weighted by Gasteiger charge is -2.11. The third-order valence-electron chi connectivity index (χ3n) is 3.84. The van der Waals surface area contributed by atoms with Crippen LogP contribution in [0.1, 0.15) is 28.5 Å². The van der Waals surface area contributed by atoms with E-state index in [4.69, 9.17) is 16.3 Å². The molecule has 26 heavy (non-hydrogen) atoms. The van der Waals surface area contributed by atoms with E-state index in [1.54, 1.807) is 25.1 Å². The molecule has 0 atom stereocenters. The second kappa shape index (κ2) is 7.49. The molecule has 2 heterocycles. The summed E-state index contributed by atoms with van der Waals surface area (Å²) in [6, 6.07) is 5.17. The van der Waals surface area contributed by atoms with Crippen LogP contribution in [0.4, 0.5) is 5.69 Å². The highest BCUT2D eigenvalue weighted by molar-refractivity contribution is 6.31. The van der Waals surface area contributed by atoms with Crippen molar-refractivity contribution in [2.24, 2.45) is 0 Å². The molecule has 0 aliphatic rings. The molecule has 8 nitrogen and oxygen atoms in total. The van der Waals surface area contributed by atoms with Crippen LogP contribution in [-0.2, 0) is 16.0 Å². The van der Waals surface area contributed by atoms with Crippen molar-refractivity contribution in [3.8, 4) is 0 Å². The van der Waals surface area contributed by atoms with Gasteiger partial charge in [0.2, 0.25) is 0 Å². The van der Waals surface area contributed by atoms with Crippen LogP contribution in [0, 0.1) is 6.92 Å². The van der Waals surface area contributed by atoms with Crippen LogP contribution in [0.3, 0.4) is 0 Å². The van der Waals surface area contributed by atoms with Gasteiger partial charge in [0.15, 0.2) is 6.61 Å². The largest absolute Gasteiger partial charge is 0.452 e. The maximum Gasteiger partial charge on any atom is 0.342 e. The minimum atomic E-state index is -0.648. The number of aryl methyl sites for hydroxylation is 1. The summed E-state index contributed by atoms with van der Waals surface area (Å²) in [6.45, 7) is 3.24. The first-order valence-corrected chi connectivity index (χ1v) is 8.28. The topological polar surface area (TPSA) is 98.5 Å². The number of amides is 1. The van der Waals surface area contributed by atoms with Crippen molar-refractivity contribution >= 4 is 34.9 Å². The van der Waals surface area contributed by atoms with E-state index in [1.807, 2.05) is 6.92 Å². The maximum atomic E-state index is 12.3. The van der Waals surface area contributed by atoms with E-state index in [1.165, 1.54) is 17.0 Å². The van der Waals surface area contributed by atoms with Crippen LogP contribution in [0.5, 0.6) is 0 Å². The predicted molar refractivity (Wildman–Crippen MR) is 95.3 cm³/mol. The summed E-state index contributed by atoms with van der Waals surface area (Å²) in [6.07, 6.45) is 3.27. The molecular weight excluding hydrogens is 358 g/mol. The molecule has 0 aliphatic heterocycles. The van der Waals surface area contributed by atoms with Crippen LogP contribution >= 0.6 is 11.6 Å². The minimum absolute atomic E-state index is 0.247. The van der Waals surface area contributed by atoms with Crippen molar-refractivity contribution in [1.82, 2.24) is 19.6 Å². The quantitative estimate of drug-likeness (QED) is 0.690. The fourth-order valence-corrected chi connectivity index (χ4v) is 2.65. The average molecular weight is 374 g/mol. The molecule has 0 radical (unpaired) electrons. The van der Waals surface area contributed by atoms with Crippen molar-refractivity contribution in [1.29, 1.82) is 0 Å². The first-order chi connectivity index (χ1) is 12.5. The molecule has 3 rings (SSSR count). The fourth-order valence-electron chi connectivity index (χ4n) is 2.47. The molecule has 1 amide bonds. The number of nitrogens with one attached hydrogen (secondary N) is 1. The van der Waals surface area contributed by atoms with Crippen LogP contribution in [-0.4, -0.2) is 38.1 Å². The number of hydrogen-bond acceptors (Lipinski definition) is 6. The molecule has 0 aliphatic carbocycles. The second-order valence-electron chi connectivity index (χ2n) is 5.48. The Labute approximate surface area is 154 Å². The molecule has 0 unspecified atom stereocenters. The summed E-state index contributed by atoms with van der Waals surface area (Å²) in [4.78, 5) is 32.4. The van der Waals surface area contributed by atoms with Crippen LogP contribution < -0.4 is 5.32 Å². The first kappa shape index (κ1) is 17.8. The Hall–Kier alpha value is -3.00. The van der Waals surface area contributed by atoms with Crippen molar-refractivity contribution in [2.75, 3.05) is 11.9 Å². The molecule has 0 saturated heterocycles. The van der Waals surface area contributed by atoms with Gasteiger partial charge in [-0.2, -0.15) is 10.1 Å². The Morgan fingerprint density at radius 3 is 2.88 bits per heavy atom. The zero-order valence-electron chi connectivity index (χ0n) is 14.2. The number of fused-ring (bicyclic) bond motifs is 1. The van der Waals surface area contributed by atoms with E-state index in [0.717, 1.165) is 5.56 Å². The molecule has 2 aromatic heterocycles. The number of rotatable bonds is 5. The number of hydrogen-bond donors (Lipinski definition) is 1. The third kappa shape index (κ3) is 3.50. The summed E-state index contributed by atoms with van der Waals surface area (Å²) in [5.74, 6) is -0.714. The number of ether oxygens (including phenoxy) is 1. The molecule has 9 heteroatoms. The highest BCUT2D eigenvalue weighted by Crippen LogP contribution is 2.22. The minimum Gasteiger partial charge on any atom is -0.452 e. The molecular formula is C17H16ClN5O3. The number of aromatic nitrogens is 4. The number of halogens is 1. The summed E-state index contributed by atoms with van der Waals surface area (Å²) in [7, 11) is 0. The number of carbonyl (C=O) groups is 2. The van der Waals surface area contributed by atoms with Gasteiger partial charge in [-0.15, -0.1) is 0 Å². The van der Waals surface area contributed by atoms with E-state index >= 15 is 0 Å². The Balaban J connectivity index is 1.69. The van der Waals surface area contributed by atoms with Gasteiger partial charge in [-0.1, -0.05) is 24.6 Å². The van der Waals surface area contributed by atoms with E-state index in [-0.39, 0.29) is 5.56 Å². The number of anilines is 1. The van der Waals surface area contributed by atoms with E-state index in [2.05, 4.69) is 20.4 Å². The Bertz CT molecular complexity index is 986. The molecule has 0 fully saturated rings. The normalized spacial score (nSPS) is 10.7. The number of esters is 1. The standard InChI is InChI=1S/C17H16ClN5O3/c1-3-14-11(7-19-17-20-9-21-23(14)17)16(25)26-8-15(24)22-13-6-4-5-12(18)10(13)2/h4-7,9H,3,8H2,1-2H3,(H,22,24). The lowest BCUT2D eigenvalue weighted by Crippen LogP contribution is -2.22. The zero-order chi connectivity index (χ0) is 18.7. The Morgan fingerprint density at radius 2 is 2.12 bits per heavy atom. The summed E-state index contributed by atoms with van der Waals surface area (Å²) in [5, 5.41) is 7.25. The van der Waals surface area contributed by atoms with Gasteiger partial charge in [0.05, 0.1) is 11.3 Å². The highest BCUT2D eigenvalue weighted by Gasteiger charge is 2.18. The van der Waals surface area contributed by atoms with E-state index < -0.39 is 18.5 Å². The van der Waals surface area contributed by atoms with Crippen molar-refractivity contribution < 1.29 is 14.3 Å². The van der Waals surface area contributed by atoms with Crippen molar-refractivity contribution in [3.05, 3.63) is 52.6 Å². The molecule has 0 saturated carbocycles. The molecule has 3 aromatic rings. The third-order valence-corrected chi connectivity index (χ3v) is 4.25. The summed E-state index contributed by atoms with van der Waals surface area (Å²) < 4.78 is 6.59. The molecule has 134 valence electrons. The SMILES string of the molecule is CCc1c(C(=O)OCC(=O)Nc2cccc(Cl)c2C)cnc2ncnn12. The van der Waals surface area contributed by atoms with Gasteiger partial charge in [0.25, 0.3) is 11.7 Å². The van der Waals surface area contributed by atoms with Crippen LogP contribution in [0.15, 0.2) is 30.7 Å². The molecule has 1 N–H and O–H groups in total. The Morgan fingerprint density at radius 1 is 1.31 bits per heavy atom. The number of benzene rings is 1. The molecule has 1 aromatic carbocycles. The van der Waals surface area contributed by atoms with Crippen molar-refractivity contribution in [2.45, 2.75) is 20.3 Å². The van der Waals surface area contributed by atoms with Gasteiger partial charge in [0.1, 0.15) is 6.33 Å². The highest BCUT2D eigenvalue weighted by atomic mass is 35.5. The van der Waals surface area contributed by atoms with Gasteiger partial charge < -0.3 is 10.1 Å². The average Bonchev–Trinajstić information content (AvgIpc) is 3.11. The van der Waals surface area contributed by atoms with E-state index in [9.17, 15) is 9.59 Å². The predicted octanol–water partition coefficient (Wildman–Crippen LogP) is 2.44. The van der Waals surface area contributed by atoms with Gasteiger partial charge in [0, 0.05) is 16.9 Å². The first-order valence-electron chi connectivity index (χ1n) is 7.91. The summed E-state index contributed by atoms with van der Waals surface area (Å²) in [5.41, 5.74) is 2.17. The molecule has 0 spiro atoms. The van der Waals surface area contributed by atoms with Gasteiger partial charge in [-0.25, -0.2) is 14.3 Å². The van der Waals surface area contributed by atoms with Crippen LogP contribution in [0.2, 0.25) is 5.02 Å². The second-order valence-corrected chi connectivity index (χ2v) is 5.89. The monoisotopic (exact) mass is 373 g/mol. The number of nitrogens with zero attached hydrogens (tertiary/aromatic N) is 4. The number of carbonyl (C=O) groups excluding carboxylic acids is 2. The van der Waals surface area contributed by atoms with Gasteiger partial charge in [-0.3, -0.25) is 4.79 Å². The van der Waals surface area contributed by atoms with E-state index in [0.29, 0.717) is 28.6 Å². The van der Waals surface area contributed by atoms with Gasteiger partial charge in [-0.05, 0) is 31.0 Å². The smallest absolute Gasteiger partial charge is 0.342 e. The van der Waals surface area contributed by atoms with Gasteiger partial charge >= 0.3 is 5.97 Å². The molecule has 0 bridgehead atoms. The summed E-state index contributed by atoms with van der Waals surface area (Å²) >= 11 is 6.02. The Kier molecular flexibility index (Phi) is 5.13. The van der Waals surface area contributed by atoms with Crippen molar-refractivity contribution in [3.63, 3.8) is 0 Å². The lowest BCUT2D eigenvalue weighted by molar-refractivity contribution is -0.119. The fraction of sp³-hybridized carbons (Fsp3) is 0.235.